The number of nitrogens with two attached hydrogens (primary N) is 1. The number of hydrogen-bond acceptors (Lipinski definition) is 5. The van der Waals surface area contributed by atoms with Gasteiger partial charge < -0.3 is 15.0 Å². The highest BCUT2D eigenvalue weighted by Gasteiger charge is 2.31. The predicted molar refractivity (Wildman–Crippen MR) is 63.8 cm³/mol. The highest BCUT2D eigenvalue weighted by molar-refractivity contribution is 5.06. The molecule has 1 saturated heterocycles. The molecule has 0 aromatic carbocycles. The largest absolute Gasteiger partial charge is 0.381 e. The second-order valence-corrected chi connectivity index (χ2v) is 4.96. The van der Waals surface area contributed by atoms with Crippen LogP contribution in [0.5, 0.6) is 0 Å². The van der Waals surface area contributed by atoms with Crippen LogP contribution in [-0.2, 0) is 10.2 Å². The maximum absolute atomic E-state index is 5.79. The summed E-state index contributed by atoms with van der Waals surface area (Å²) in [5.41, 5.74) is 5.59. The third kappa shape index (κ3) is 2.50. The van der Waals surface area contributed by atoms with Crippen LogP contribution < -0.4 is 5.73 Å². The van der Waals surface area contributed by atoms with Gasteiger partial charge in [-0.25, -0.2) is 0 Å². The second kappa shape index (κ2) is 5.14. The molecule has 1 aromatic heterocycles. The van der Waals surface area contributed by atoms with E-state index < -0.39 is 0 Å². The van der Waals surface area contributed by atoms with E-state index in [0.717, 1.165) is 38.3 Å². The summed E-state index contributed by atoms with van der Waals surface area (Å²) in [5.74, 6) is 1.86. The summed E-state index contributed by atoms with van der Waals surface area (Å²) in [4.78, 5) is 4.53. The van der Waals surface area contributed by atoms with Crippen molar-refractivity contribution in [1.29, 1.82) is 0 Å². The molecule has 1 unspecified atom stereocenters. The molecule has 2 rings (SSSR count). The Labute approximate surface area is 102 Å². The Balaban J connectivity index is 2.14. The number of rotatable bonds is 4. The highest BCUT2D eigenvalue weighted by atomic mass is 16.5. The summed E-state index contributed by atoms with van der Waals surface area (Å²) in [5, 5.41) is 4.10. The van der Waals surface area contributed by atoms with Crippen molar-refractivity contribution >= 4 is 0 Å². The summed E-state index contributed by atoms with van der Waals surface area (Å²) in [7, 11) is 0. The van der Waals surface area contributed by atoms with E-state index in [2.05, 4.69) is 24.0 Å². The number of nitrogens with zero attached hydrogens (tertiary/aromatic N) is 2. The topological polar surface area (TPSA) is 74.2 Å². The van der Waals surface area contributed by atoms with Crippen LogP contribution >= 0.6 is 0 Å². The quantitative estimate of drug-likeness (QED) is 0.863. The first-order chi connectivity index (χ1) is 8.19. The van der Waals surface area contributed by atoms with Crippen LogP contribution in [0.15, 0.2) is 4.52 Å². The Kier molecular flexibility index (Phi) is 3.79. The molecule has 1 aliphatic heterocycles. The van der Waals surface area contributed by atoms with Crippen molar-refractivity contribution in [1.82, 2.24) is 10.1 Å². The maximum Gasteiger partial charge on any atom is 0.233 e. The van der Waals surface area contributed by atoms with E-state index in [4.69, 9.17) is 15.0 Å². The standard InChI is InChI=1S/C12H21N3O2/c1-3-12(2,8-13)11-14-10(15-17-11)9-4-6-16-7-5-9/h9H,3-8,13H2,1-2H3. The zero-order chi connectivity index (χ0) is 12.3. The summed E-state index contributed by atoms with van der Waals surface area (Å²) >= 11 is 0. The third-order valence-corrected chi connectivity index (χ3v) is 3.78. The van der Waals surface area contributed by atoms with Crippen molar-refractivity contribution < 1.29 is 9.26 Å². The van der Waals surface area contributed by atoms with Crippen molar-refractivity contribution in [3.8, 4) is 0 Å². The molecule has 96 valence electrons. The third-order valence-electron chi connectivity index (χ3n) is 3.78. The van der Waals surface area contributed by atoms with Gasteiger partial charge in [-0.05, 0) is 26.2 Å². The molecule has 0 amide bonds. The summed E-state index contributed by atoms with van der Waals surface area (Å²) in [6, 6.07) is 0. The van der Waals surface area contributed by atoms with Crippen molar-refractivity contribution in [2.75, 3.05) is 19.8 Å². The molecule has 0 radical (unpaired) electrons. The first-order valence-electron chi connectivity index (χ1n) is 6.31. The molecule has 2 N–H and O–H groups in total. The van der Waals surface area contributed by atoms with Crippen LogP contribution in [0.1, 0.15) is 50.7 Å². The van der Waals surface area contributed by atoms with Gasteiger partial charge >= 0.3 is 0 Å². The van der Waals surface area contributed by atoms with Crippen LogP contribution in [0.3, 0.4) is 0 Å². The van der Waals surface area contributed by atoms with Gasteiger partial charge in [0.25, 0.3) is 0 Å². The molecule has 1 atom stereocenters. The van der Waals surface area contributed by atoms with Gasteiger partial charge in [-0.2, -0.15) is 4.98 Å². The van der Waals surface area contributed by atoms with E-state index in [-0.39, 0.29) is 5.41 Å². The summed E-state index contributed by atoms with van der Waals surface area (Å²) < 4.78 is 10.7. The fourth-order valence-electron chi connectivity index (χ4n) is 1.98. The average molecular weight is 239 g/mol. The van der Waals surface area contributed by atoms with Gasteiger partial charge in [0.1, 0.15) is 0 Å². The molecule has 0 spiro atoms. The van der Waals surface area contributed by atoms with Crippen LogP contribution in [0.4, 0.5) is 0 Å². The van der Waals surface area contributed by atoms with Gasteiger partial charge in [-0.15, -0.1) is 0 Å². The highest BCUT2D eigenvalue weighted by Crippen LogP contribution is 2.29. The predicted octanol–water partition coefficient (Wildman–Crippen LogP) is 1.59. The Morgan fingerprint density at radius 3 is 2.71 bits per heavy atom. The number of ether oxygens (including phenoxy) is 1. The Morgan fingerprint density at radius 1 is 1.41 bits per heavy atom. The normalized spacial score (nSPS) is 21.4. The van der Waals surface area contributed by atoms with E-state index in [1.165, 1.54) is 0 Å². The molecule has 0 bridgehead atoms. The molecule has 2 heterocycles. The lowest BCUT2D eigenvalue weighted by Gasteiger charge is -2.21. The van der Waals surface area contributed by atoms with E-state index in [0.29, 0.717) is 18.4 Å². The lowest BCUT2D eigenvalue weighted by molar-refractivity contribution is 0.0830. The van der Waals surface area contributed by atoms with Crippen molar-refractivity contribution in [3.63, 3.8) is 0 Å². The van der Waals surface area contributed by atoms with Gasteiger partial charge in [0.15, 0.2) is 5.82 Å². The SMILES string of the molecule is CCC(C)(CN)c1nc(C2CCOCC2)no1. The molecular formula is C12H21N3O2. The average Bonchev–Trinajstić information content (AvgIpc) is 2.89. The minimum atomic E-state index is -0.198. The van der Waals surface area contributed by atoms with Crippen LogP contribution in [0.2, 0.25) is 0 Å². The first-order valence-corrected chi connectivity index (χ1v) is 6.31. The molecule has 5 nitrogen and oxygen atoms in total. The van der Waals surface area contributed by atoms with Crippen molar-refractivity contribution in [2.45, 2.75) is 44.4 Å². The van der Waals surface area contributed by atoms with Gasteiger partial charge in [-0.1, -0.05) is 12.1 Å². The van der Waals surface area contributed by atoms with Gasteiger partial charge in [0.2, 0.25) is 5.89 Å². The molecule has 1 aliphatic rings. The fraction of sp³-hybridized carbons (Fsp3) is 0.833. The van der Waals surface area contributed by atoms with E-state index in [9.17, 15) is 0 Å². The van der Waals surface area contributed by atoms with E-state index >= 15 is 0 Å². The lowest BCUT2D eigenvalue weighted by Crippen LogP contribution is -2.31. The summed E-state index contributed by atoms with van der Waals surface area (Å²) in [6.45, 7) is 6.26. The Bertz CT molecular complexity index is 354. The number of hydrogen-bond donors (Lipinski definition) is 1. The molecule has 1 aromatic rings. The zero-order valence-corrected chi connectivity index (χ0v) is 10.6. The molecule has 0 saturated carbocycles. The zero-order valence-electron chi connectivity index (χ0n) is 10.6. The first kappa shape index (κ1) is 12.5. The van der Waals surface area contributed by atoms with Crippen LogP contribution in [0.25, 0.3) is 0 Å². The van der Waals surface area contributed by atoms with Gasteiger partial charge in [0.05, 0.1) is 5.41 Å². The number of aromatic nitrogens is 2. The van der Waals surface area contributed by atoms with Gasteiger partial charge in [0, 0.05) is 25.7 Å². The van der Waals surface area contributed by atoms with Gasteiger partial charge in [-0.3, -0.25) is 0 Å². The van der Waals surface area contributed by atoms with Crippen LogP contribution in [0, 0.1) is 0 Å². The van der Waals surface area contributed by atoms with Crippen molar-refractivity contribution in [3.05, 3.63) is 11.7 Å². The van der Waals surface area contributed by atoms with Crippen LogP contribution in [-0.4, -0.2) is 29.9 Å². The Hall–Kier alpha value is -0.940. The lowest BCUT2D eigenvalue weighted by atomic mass is 9.87. The van der Waals surface area contributed by atoms with E-state index in [1.807, 2.05) is 0 Å². The monoisotopic (exact) mass is 239 g/mol. The minimum Gasteiger partial charge on any atom is -0.381 e. The molecule has 1 fully saturated rings. The maximum atomic E-state index is 5.79. The summed E-state index contributed by atoms with van der Waals surface area (Å²) in [6.07, 6.45) is 2.85. The second-order valence-electron chi connectivity index (χ2n) is 4.96. The minimum absolute atomic E-state index is 0.198. The van der Waals surface area contributed by atoms with E-state index in [1.54, 1.807) is 0 Å². The van der Waals surface area contributed by atoms with Crippen molar-refractivity contribution in [2.24, 2.45) is 5.73 Å². The molecule has 17 heavy (non-hydrogen) atoms. The Morgan fingerprint density at radius 2 is 2.12 bits per heavy atom. The smallest absolute Gasteiger partial charge is 0.233 e. The fourth-order valence-corrected chi connectivity index (χ4v) is 1.98. The molecule has 0 aliphatic carbocycles. The molecular weight excluding hydrogens is 218 g/mol. The molecule has 5 heteroatoms.